The molecule has 0 radical (unpaired) electrons. The number of aliphatic carboxylic acids is 1. The van der Waals surface area contributed by atoms with Crippen molar-refractivity contribution >= 4 is 11.9 Å². The van der Waals surface area contributed by atoms with E-state index < -0.39 is 5.97 Å². The number of hydrogen-bond donors (Lipinski definition) is 2. The number of carboxylic acids is 1. The molecule has 0 spiro atoms. The highest BCUT2D eigenvalue weighted by molar-refractivity contribution is 5.78. The van der Waals surface area contributed by atoms with Crippen molar-refractivity contribution in [2.45, 2.75) is 19.4 Å². The zero-order valence-corrected chi connectivity index (χ0v) is 11.5. The molecule has 0 saturated carbocycles. The molecule has 0 aliphatic heterocycles. The van der Waals surface area contributed by atoms with Crippen molar-refractivity contribution in [1.29, 1.82) is 0 Å². The average molecular weight is 284 g/mol. The molecule has 1 heterocycles. The lowest BCUT2D eigenvalue weighted by Gasteiger charge is -2.09. The molecule has 0 saturated heterocycles. The first-order chi connectivity index (χ1) is 10.1. The third-order valence-corrected chi connectivity index (χ3v) is 3.05. The Morgan fingerprint density at radius 3 is 2.33 bits per heavy atom. The minimum absolute atomic E-state index is 0.0452. The van der Waals surface area contributed by atoms with E-state index in [1.54, 1.807) is 36.7 Å². The van der Waals surface area contributed by atoms with E-state index in [0.29, 0.717) is 12.1 Å². The van der Waals surface area contributed by atoms with E-state index in [1.807, 2.05) is 12.1 Å². The predicted octanol–water partition coefficient (Wildman–Crippen LogP) is 1.57. The molecule has 1 aromatic heterocycles. The van der Waals surface area contributed by atoms with E-state index in [2.05, 4.69) is 10.3 Å². The Morgan fingerprint density at radius 1 is 1.00 bits per heavy atom. The summed E-state index contributed by atoms with van der Waals surface area (Å²) in [4.78, 5) is 26.6. The molecule has 2 N–H and O–H groups in total. The quantitative estimate of drug-likeness (QED) is 0.844. The van der Waals surface area contributed by atoms with Crippen LogP contribution < -0.4 is 5.32 Å². The molecule has 0 aliphatic rings. The highest BCUT2D eigenvalue weighted by Crippen LogP contribution is 2.09. The SMILES string of the molecule is O=C(O)Cc1ccccc1CNC(=O)Cc1ccncc1. The highest BCUT2D eigenvalue weighted by atomic mass is 16.4. The third-order valence-electron chi connectivity index (χ3n) is 3.05. The molecule has 21 heavy (non-hydrogen) atoms. The lowest BCUT2D eigenvalue weighted by molar-refractivity contribution is -0.136. The maximum Gasteiger partial charge on any atom is 0.307 e. The first-order valence-corrected chi connectivity index (χ1v) is 6.59. The highest BCUT2D eigenvalue weighted by Gasteiger charge is 2.08. The Balaban J connectivity index is 1.93. The Morgan fingerprint density at radius 2 is 1.67 bits per heavy atom. The lowest BCUT2D eigenvalue weighted by atomic mass is 10.0. The number of rotatable bonds is 6. The maximum absolute atomic E-state index is 11.9. The van der Waals surface area contributed by atoms with Gasteiger partial charge in [0.1, 0.15) is 0 Å². The van der Waals surface area contributed by atoms with Gasteiger partial charge in [0, 0.05) is 18.9 Å². The molecule has 0 fully saturated rings. The molecule has 2 rings (SSSR count). The fourth-order valence-electron chi connectivity index (χ4n) is 2.01. The number of amides is 1. The molecule has 0 bridgehead atoms. The van der Waals surface area contributed by atoms with Crippen molar-refractivity contribution in [1.82, 2.24) is 10.3 Å². The zero-order valence-electron chi connectivity index (χ0n) is 11.5. The van der Waals surface area contributed by atoms with Crippen LogP contribution in [0.5, 0.6) is 0 Å². The van der Waals surface area contributed by atoms with Crippen LogP contribution in [0.3, 0.4) is 0 Å². The normalized spacial score (nSPS) is 10.1. The molecule has 0 unspecified atom stereocenters. The summed E-state index contributed by atoms with van der Waals surface area (Å²) in [6.07, 6.45) is 3.52. The molecular formula is C16H16N2O3. The van der Waals surface area contributed by atoms with Gasteiger partial charge in [-0.3, -0.25) is 14.6 Å². The summed E-state index contributed by atoms with van der Waals surface area (Å²) in [5.74, 6) is -0.989. The predicted molar refractivity (Wildman–Crippen MR) is 77.6 cm³/mol. The van der Waals surface area contributed by atoms with Crippen molar-refractivity contribution in [3.63, 3.8) is 0 Å². The van der Waals surface area contributed by atoms with Crippen LogP contribution in [0.15, 0.2) is 48.8 Å². The second kappa shape index (κ2) is 7.19. The summed E-state index contributed by atoms with van der Waals surface area (Å²) in [7, 11) is 0. The first-order valence-electron chi connectivity index (χ1n) is 6.59. The molecule has 1 amide bonds. The number of carbonyl (C=O) groups is 2. The minimum atomic E-state index is -0.884. The van der Waals surface area contributed by atoms with E-state index in [0.717, 1.165) is 11.1 Å². The summed E-state index contributed by atoms with van der Waals surface area (Å²) >= 11 is 0. The zero-order chi connectivity index (χ0) is 15.1. The molecule has 5 heteroatoms. The summed E-state index contributed by atoms with van der Waals surface area (Å²) in [5, 5.41) is 11.7. The molecule has 0 atom stereocenters. The molecule has 2 aromatic rings. The fraction of sp³-hybridized carbons (Fsp3) is 0.188. The molecule has 0 aliphatic carbocycles. The van der Waals surface area contributed by atoms with Gasteiger partial charge in [0.2, 0.25) is 5.91 Å². The number of carbonyl (C=O) groups excluding carboxylic acids is 1. The summed E-state index contributed by atoms with van der Waals surface area (Å²) in [6, 6.07) is 10.8. The van der Waals surface area contributed by atoms with E-state index in [-0.39, 0.29) is 18.7 Å². The number of benzene rings is 1. The largest absolute Gasteiger partial charge is 0.481 e. The number of nitrogens with zero attached hydrogens (tertiary/aromatic N) is 1. The minimum Gasteiger partial charge on any atom is -0.481 e. The number of hydrogen-bond acceptors (Lipinski definition) is 3. The van der Waals surface area contributed by atoms with Crippen molar-refractivity contribution in [3.05, 3.63) is 65.5 Å². The van der Waals surface area contributed by atoms with Crippen LogP contribution in [0.25, 0.3) is 0 Å². The maximum atomic E-state index is 11.9. The van der Waals surface area contributed by atoms with Crippen LogP contribution in [-0.2, 0) is 29.0 Å². The second-order valence-electron chi connectivity index (χ2n) is 4.65. The monoisotopic (exact) mass is 284 g/mol. The van der Waals surface area contributed by atoms with Gasteiger partial charge in [0.05, 0.1) is 12.8 Å². The number of carboxylic acid groups (broad SMARTS) is 1. The number of pyridine rings is 1. The van der Waals surface area contributed by atoms with Gasteiger partial charge in [-0.15, -0.1) is 0 Å². The van der Waals surface area contributed by atoms with Crippen molar-refractivity contribution in [2.24, 2.45) is 0 Å². The van der Waals surface area contributed by atoms with Crippen LogP contribution in [-0.4, -0.2) is 22.0 Å². The van der Waals surface area contributed by atoms with Gasteiger partial charge in [0.15, 0.2) is 0 Å². The van der Waals surface area contributed by atoms with Crippen LogP contribution in [0, 0.1) is 0 Å². The number of aromatic nitrogens is 1. The molecule has 108 valence electrons. The Kier molecular flexibility index (Phi) is 5.04. The summed E-state index contributed by atoms with van der Waals surface area (Å²) in [6.45, 7) is 0.327. The summed E-state index contributed by atoms with van der Waals surface area (Å²) in [5.41, 5.74) is 2.43. The topological polar surface area (TPSA) is 79.3 Å². The first kappa shape index (κ1) is 14.7. The van der Waals surface area contributed by atoms with Crippen molar-refractivity contribution in [2.75, 3.05) is 0 Å². The molecule has 5 nitrogen and oxygen atoms in total. The van der Waals surface area contributed by atoms with Gasteiger partial charge >= 0.3 is 5.97 Å². The van der Waals surface area contributed by atoms with Crippen molar-refractivity contribution in [3.8, 4) is 0 Å². The van der Waals surface area contributed by atoms with Gasteiger partial charge < -0.3 is 10.4 Å². The van der Waals surface area contributed by atoms with Crippen LogP contribution in [0.4, 0.5) is 0 Å². The van der Waals surface area contributed by atoms with Crippen LogP contribution >= 0.6 is 0 Å². The van der Waals surface area contributed by atoms with Gasteiger partial charge in [-0.05, 0) is 28.8 Å². The second-order valence-corrected chi connectivity index (χ2v) is 4.65. The van der Waals surface area contributed by atoms with Gasteiger partial charge in [-0.25, -0.2) is 0 Å². The van der Waals surface area contributed by atoms with Crippen LogP contribution in [0.1, 0.15) is 16.7 Å². The molecular weight excluding hydrogens is 268 g/mol. The van der Waals surface area contributed by atoms with Gasteiger partial charge in [-0.1, -0.05) is 24.3 Å². The average Bonchev–Trinajstić information content (AvgIpc) is 2.47. The molecule has 1 aromatic carbocycles. The Labute approximate surface area is 122 Å². The van der Waals surface area contributed by atoms with E-state index in [4.69, 9.17) is 5.11 Å². The number of nitrogens with one attached hydrogen (secondary N) is 1. The fourth-order valence-corrected chi connectivity index (χ4v) is 2.01. The van der Waals surface area contributed by atoms with E-state index in [9.17, 15) is 9.59 Å². The van der Waals surface area contributed by atoms with E-state index >= 15 is 0 Å². The third kappa shape index (κ3) is 4.72. The van der Waals surface area contributed by atoms with E-state index in [1.165, 1.54) is 0 Å². The van der Waals surface area contributed by atoms with Gasteiger partial charge in [-0.2, -0.15) is 0 Å². The standard InChI is InChI=1S/C16H16N2O3/c19-15(9-12-5-7-17-8-6-12)18-11-14-4-2-1-3-13(14)10-16(20)21/h1-8H,9-11H2,(H,18,19)(H,20,21). The van der Waals surface area contributed by atoms with Crippen molar-refractivity contribution < 1.29 is 14.7 Å². The Bertz CT molecular complexity index is 626. The van der Waals surface area contributed by atoms with Crippen LogP contribution in [0.2, 0.25) is 0 Å². The lowest BCUT2D eigenvalue weighted by Crippen LogP contribution is -2.25. The summed E-state index contributed by atoms with van der Waals surface area (Å²) < 4.78 is 0. The Hall–Kier alpha value is -2.69. The van der Waals surface area contributed by atoms with Gasteiger partial charge in [0.25, 0.3) is 0 Å². The smallest absolute Gasteiger partial charge is 0.307 e.